The second-order valence-corrected chi connectivity index (χ2v) is 9.81. The van der Waals surface area contributed by atoms with E-state index in [9.17, 15) is 5.26 Å². The van der Waals surface area contributed by atoms with Crippen molar-refractivity contribution in [2.45, 2.75) is 51.6 Å². The Balaban J connectivity index is 1.28. The van der Waals surface area contributed by atoms with E-state index in [4.69, 9.17) is 5.73 Å². The number of nitrogens with one attached hydrogen (secondary N) is 2. The van der Waals surface area contributed by atoms with Crippen molar-refractivity contribution in [3.05, 3.63) is 47.2 Å². The molecule has 30 heavy (non-hydrogen) atoms. The standard InChI is InChI=1S/C24H30N6/c1-15-3-2-4-16(5-15)12-27-23-28-13-20(11-25)22(30-23)29-14-24-8-17-6-18(9-24)21(26)19(7-17)10-24/h2-5,13,17-19,21H,6-10,12,14,26H2,1H3,(H2,27,28,29,30)/t17?,18-,19+,21-,24-. The Morgan fingerprint density at radius 3 is 2.73 bits per heavy atom. The molecule has 4 saturated carbocycles. The highest BCUT2D eigenvalue weighted by Crippen LogP contribution is 2.59. The fraction of sp³-hybridized carbons (Fsp3) is 0.542. The zero-order chi connectivity index (χ0) is 20.7. The molecule has 4 N–H and O–H groups in total. The average Bonchev–Trinajstić information content (AvgIpc) is 2.74. The summed E-state index contributed by atoms with van der Waals surface area (Å²) in [4.78, 5) is 8.96. The number of nitriles is 1. The van der Waals surface area contributed by atoms with E-state index in [1.807, 2.05) is 0 Å². The van der Waals surface area contributed by atoms with Crippen LogP contribution in [0.2, 0.25) is 0 Å². The average molecular weight is 403 g/mol. The topological polar surface area (TPSA) is 99.7 Å². The second-order valence-electron chi connectivity index (χ2n) is 9.81. The quantitative estimate of drug-likeness (QED) is 0.679. The van der Waals surface area contributed by atoms with Crippen molar-refractivity contribution < 1.29 is 0 Å². The van der Waals surface area contributed by atoms with Gasteiger partial charge in [0.25, 0.3) is 0 Å². The second kappa shape index (κ2) is 7.55. The van der Waals surface area contributed by atoms with Crippen LogP contribution >= 0.6 is 0 Å². The summed E-state index contributed by atoms with van der Waals surface area (Å²) in [5.74, 6) is 3.36. The normalized spacial score (nSPS) is 31.4. The third-order valence-electron chi connectivity index (χ3n) is 7.55. The van der Waals surface area contributed by atoms with Crippen LogP contribution in [0.1, 0.15) is 48.8 Å². The van der Waals surface area contributed by atoms with Gasteiger partial charge in [-0.15, -0.1) is 0 Å². The first-order valence-corrected chi connectivity index (χ1v) is 11.1. The van der Waals surface area contributed by atoms with Gasteiger partial charge in [-0.3, -0.25) is 0 Å². The first kappa shape index (κ1) is 19.3. The number of hydrogen-bond acceptors (Lipinski definition) is 6. The SMILES string of the molecule is Cc1cccc(CNc2ncc(C#N)c(NC[C@]34CC5C[C@H](C3)[C@@H](N)[C@@H](C5)C4)n2)c1. The number of nitrogens with zero attached hydrogens (tertiary/aromatic N) is 3. The van der Waals surface area contributed by atoms with Gasteiger partial charge in [0.15, 0.2) is 0 Å². The van der Waals surface area contributed by atoms with Crippen LogP contribution < -0.4 is 16.4 Å². The molecule has 1 heterocycles. The smallest absolute Gasteiger partial charge is 0.224 e. The van der Waals surface area contributed by atoms with Gasteiger partial charge in [-0.05, 0) is 67.8 Å². The maximum absolute atomic E-state index is 9.54. The molecular formula is C24H30N6. The molecule has 4 fully saturated rings. The zero-order valence-corrected chi connectivity index (χ0v) is 17.6. The van der Waals surface area contributed by atoms with Crippen molar-refractivity contribution in [1.29, 1.82) is 5.26 Å². The molecule has 4 aliphatic rings. The number of hydrogen-bond donors (Lipinski definition) is 3. The predicted molar refractivity (Wildman–Crippen MR) is 118 cm³/mol. The molecule has 0 radical (unpaired) electrons. The van der Waals surface area contributed by atoms with Gasteiger partial charge in [0, 0.05) is 19.1 Å². The molecule has 0 spiro atoms. The molecular weight excluding hydrogens is 372 g/mol. The number of benzene rings is 1. The van der Waals surface area contributed by atoms with E-state index in [1.54, 1.807) is 6.20 Å². The van der Waals surface area contributed by atoms with Gasteiger partial charge in [-0.2, -0.15) is 10.2 Å². The first-order chi connectivity index (χ1) is 14.5. The van der Waals surface area contributed by atoms with Crippen LogP contribution in [0, 0.1) is 41.4 Å². The van der Waals surface area contributed by atoms with Crippen LogP contribution in [-0.4, -0.2) is 22.6 Å². The van der Waals surface area contributed by atoms with Crippen LogP contribution in [0.5, 0.6) is 0 Å². The van der Waals surface area contributed by atoms with Crippen LogP contribution in [0.3, 0.4) is 0 Å². The van der Waals surface area contributed by atoms with Crippen LogP contribution in [0.15, 0.2) is 30.5 Å². The molecule has 6 rings (SSSR count). The van der Waals surface area contributed by atoms with Crippen LogP contribution in [0.25, 0.3) is 0 Å². The van der Waals surface area contributed by atoms with Crippen molar-refractivity contribution >= 4 is 11.8 Å². The highest BCUT2D eigenvalue weighted by Gasteiger charge is 2.54. The summed E-state index contributed by atoms with van der Waals surface area (Å²) in [6.07, 6.45) is 7.93. The summed E-state index contributed by atoms with van der Waals surface area (Å²) < 4.78 is 0. The number of rotatable bonds is 6. The molecule has 0 amide bonds. The van der Waals surface area contributed by atoms with Crippen molar-refractivity contribution in [3.63, 3.8) is 0 Å². The number of aromatic nitrogens is 2. The molecule has 2 aromatic rings. The highest BCUT2D eigenvalue weighted by molar-refractivity contribution is 5.53. The highest BCUT2D eigenvalue weighted by atomic mass is 15.1. The van der Waals surface area contributed by atoms with Crippen LogP contribution in [-0.2, 0) is 6.54 Å². The zero-order valence-electron chi connectivity index (χ0n) is 17.6. The summed E-state index contributed by atoms with van der Waals surface area (Å²) in [5.41, 5.74) is 9.71. The minimum absolute atomic E-state index is 0.305. The van der Waals surface area contributed by atoms with E-state index < -0.39 is 0 Å². The van der Waals surface area contributed by atoms with E-state index >= 15 is 0 Å². The van der Waals surface area contributed by atoms with Gasteiger partial charge in [-0.25, -0.2) is 4.98 Å². The van der Waals surface area contributed by atoms with Crippen molar-refractivity contribution in [2.75, 3.05) is 17.2 Å². The fourth-order valence-corrected chi connectivity index (χ4v) is 6.41. The lowest BCUT2D eigenvalue weighted by molar-refractivity contribution is -0.0591. The first-order valence-electron chi connectivity index (χ1n) is 11.1. The van der Waals surface area contributed by atoms with E-state index in [0.29, 0.717) is 47.2 Å². The molecule has 1 aromatic heterocycles. The Kier molecular flexibility index (Phi) is 4.86. The fourth-order valence-electron chi connectivity index (χ4n) is 6.41. The van der Waals surface area contributed by atoms with Crippen molar-refractivity contribution in [3.8, 4) is 6.07 Å². The Bertz CT molecular complexity index is 964. The molecule has 0 saturated heterocycles. The number of nitrogens with two attached hydrogens (primary N) is 1. The lowest BCUT2D eigenvalue weighted by Crippen LogP contribution is -2.58. The summed E-state index contributed by atoms with van der Waals surface area (Å²) in [5, 5.41) is 16.4. The predicted octanol–water partition coefficient (Wildman–Crippen LogP) is 3.83. The number of anilines is 2. The maximum Gasteiger partial charge on any atom is 0.224 e. The minimum Gasteiger partial charge on any atom is -0.368 e. The summed E-state index contributed by atoms with van der Waals surface area (Å²) in [6, 6.07) is 11.0. The summed E-state index contributed by atoms with van der Waals surface area (Å²) in [7, 11) is 0. The molecule has 4 bridgehead atoms. The van der Waals surface area contributed by atoms with Gasteiger partial charge >= 0.3 is 0 Å². The Morgan fingerprint density at radius 1 is 1.20 bits per heavy atom. The Morgan fingerprint density at radius 2 is 2.00 bits per heavy atom. The third-order valence-corrected chi connectivity index (χ3v) is 7.55. The molecule has 5 atom stereocenters. The Hall–Kier alpha value is -2.65. The molecule has 6 nitrogen and oxygen atoms in total. The molecule has 1 unspecified atom stereocenters. The van der Waals surface area contributed by atoms with Gasteiger partial charge < -0.3 is 16.4 Å². The van der Waals surface area contributed by atoms with E-state index in [2.05, 4.69) is 57.9 Å². The molecule has 4 aliphatic carbocycles. The molecule has 1 aromatic carbocycles. The molecule has 156 valence electrons. The van der Waals surface area contributed by atoms with Gasteiger partial charge in [0.05, 0.1) is 6.20 Å². The number of aryl methyl sites for hydroxylation is 1. The minimum atomic E-state index is 0.305. The largest absolute Gasteiger partial charge is 0.368 e. The van der Waals surface area contributed by atoms with E-state index in [-0.39, 0.29) is 0 Å². The van der Waals surface area contributed by atoms with Gasteiger partial charge in [0.2, 0.25) is 5.95 Å². The third kappa shape index (κ3) is 3.63. The van der Waals surface area contributed by atoms with Crippen molar-refractivity contribution in [2.24, 2.45) is 28.9 Å². The molecule has 0 aliphatic heterocycles. The summed E-state index contributed by atoms with van der Waals surface area (Å²) >= 11 is 0. The maximum atomic E-state index is 9.54. The van der Waals surface area contributed by atoms with E-state index in [1.165, 1.54) is 43.2 Å². The van der Waals surface area contributed by atoms with E-state index in [0.717, 1.165) is 12.5 Å². The Labute approximate surface area is 178 Å². The van der Waals surface area contributed by atoms with Crippen molar-refractivity contribution in [1.82, 2.24) is 9.97 Å². The van der Waals surface area contributed by atoms with Gasteiger partial charge in [-0.1, -0.05) is 29.8 Å². The van der Waals surface area contributed by atoms with Gasteiger partial charge in [0.1, 0.15) is 17.5 Å². The lowest BCUT2D eigenvalue weighted by atomic mass is 9.48. The summed E-state index contributed by atoms with van der Waals surface area (Å²) in [6.45, 7) is 3.60. The monoisotopic (exact) mass is 402 g/mol. The molecule has 6 heteroatoms. The lowest BCUT2D eigenvalue weighted by Gasteiger charge is -2.59. The van der Waals surface area contributed by atoms with Crippen LogP contribution in [0.4, 0.5) is 11.8 Å².